The summed E-state index contributed by atoms with van der Waals surface area (Å²) in [6, 6.07) is 7.77. The van der Waals surface area contributed by atoms with Crippen LogP contribution in [0.5, 0.6) is 0 Å². The summed E-state index contributed by atoms with van der Waals surface area (Å²) in [4.78, 5) is 11.8. The Balaban J connectivity index is 2.31. The molecule has 2 rings (SSSR count). The van der Waals surface area contributed by atoms with Gasteiger partial charge in [0.2, 0.25) is 0 Å². The van der Waals surface area contributed by atoms with Crippen LogP contribution >= 0.6 is 0 Å². The number of halogens is 2. The minimum atomic E-state index is -3.52. The number of carbonyl (C=O) groups is 1. The maximum atomic E-state index is 13.6. The Hall–Kier alpha value is -2.28. The first-order chi connectivity index (χ1) is 9.77. The zero-order chi connectivity index (χ0) is 15.6. The molecule has 0 heterocycles. The van der Waals surface area contributed by atoms with Gasteiger partial charge >= 0.3 is 0 Å². The molecule has 4 nitrogen and oxygen atoms in total. The summed E-state index contributed by atoms with van der Waals surface area (Å²) in [7, 11) is -3.52. The van der Waals surface area contributed by atoms with Crippen molar-refractivity contribution in [1.82, 2.24) is 0 Å². The van der Waals surface area contributed by atoms with Crippen molar-refractivity contribution in [2.24, 2.45) is 0 Å². The molecule has 2 aromatic rings. The lowest BCUT2D eigenvalue weighted by Crippen LogP contribution is -2.13. The topological polar surface area (TPSA) is 63.2 Å². The van der Waals surface area contributed by atoms with Gasteiger partial charge in [0.15, 0.2) is 9.84 Å². The normalized spacial score (nSPS) is 11.2. The van der Waals surface area contributed by atoms with Gasteiger partial charge in [-0.3, -0.25) is 4.79 Å². The number of hydrogen-bond acceptors (Lipinski definition) is 3. The fourth-order valence-electron chi connectivity index (χ4n) is 1.63. The Morgan fingerprint density at radius 2 is 1.67 bits per heavy atom. The smallest absolute Gasteiger partial charge is 0.255 e. The molecule has 0 fully saturated rings. The number of benzene rings is 2. The Labute approximate surface area is 120 Å². The maximum absolute atomic E-state index is 13.6. The second kappa shape index (κ2) is 5.61. The molecule has 1 N–H and O–H groups in total. The molecule has 0 aliphatic carbocycles. The van der Waals surface area contributed by atoms with Gasteiger partial charge in [-0.2, -0.15) is 0 Å². The van der Waals surface area contributed by atoms with E-state index >= 15 is 0 Å². The van der Waals surface area contributed by atoms with Crippen molar-refractivity contribution in [2.75, 3.05) is 11.6 Å². The lowest BCUT2D eigenvalue weighted by atomic mass is 10.2. The summed E-state index contributed by atoms with van der Waals surface area (Å²) in [5.74, 6) is -1.94. The second-order valence-corrected chi connectivity index (χ2v) is 6.39. The first-order valence-corrected chi connectivity index (χ1v) is 7.73. The van der Waals surface area contributed by atoms with Crippen LogP contribution in [0.4, 0.5) is 14.5 Å². The highest BCUT2D eigenvalue weighted by molar-refractivity contribution is 7.90. The van der Waals surface area contributed by atoms with Crippen LogP contribution in [0.1, 0.15) is 10.4 Å². The fourth-order valence-corrected chi connectivity index (χ4v) is 2.27. The van der Waals surface area contributed by atoms with Gasteiger partial charge in [-0.1, -0.05) is 0 Å². The van der Waals surface area contributed by atoms with E-state index in [-0.39, 0.29) is 16.1 Å². The van der Waals surface area contributed by atoms with Crippen LogP contribution in [0, 0.1) is 11.6 Å². The lowest BCUT2D eigenvalue weighted by Gasteiger charge is -2.08. The summed E-state index contributed by atoms with van der Waals surface area (Å²) in [5.41, 5.74) is -0.132. The number of rotatable bonds is 3. The molecule has 0 bridgehead atoms. The van der Waals surface area contributed by atoms with E-state index in [9.17, 15) is 22.0 Å². The highest BCUT2D eigenvalue weighted by Crippen LogP contribution is 2.20. The maximum Gasteiger partial charge on any atom is 0.255 e. The van der Waals surface area contributed by atoms with Gasteiger partial charge in [0.05, 0.1) is 10.6 Å². The molecule has 21 heavy (non-hydrogen) atoms. The van der Waals surface area contributed by atoms with E-state index in [2.05, 4.69) is 5.32 Å². The first-order valence-electron chi connectivity index (χ1n) is 5.84. The van der Waals surface area contributed by atoms with Crippen LogP contribution in [-0.2, 0) is 9.84 Å². The van der Waals surface area contributed by atoms with E-state index in [0.717, 1.165) is 36.6 Å². The molecule has 1 amide bonds. The van der Waals surface area contributed by atoms with Gasteiger partial charge in [0.25, 0.3) is 5.91 Å². The minimum absolute atomic E-state index is 0.113. The predicted octanol–water partition coefficient (Wildman–Crippen LogP) is 2.62. The lowest BCUT2D eigenvalue weighted by molar-refractivity contribution is 0.102. The number of nitrogens with one attached hydrogen (secondary N) is 1. The molecule has 110 valence electrons. The van der Waals surface area contributed by atoms with Crippen LogP contribution in [0.2, 0.25) is 0 Å². The molecule has 7 heteroatoms. The fraction of sp³-hybridized carbons (Fsp3) is 0.0714. The Morgan fingerprint density at radius 3 is 2.24 bits per heavy atom. The van der Waals surface area contributed by atoms with E-state index in [1.165, 1.54) is 12.1 Å². The average Bonchev–Trinajstić information content (AvgIpc) is 2.40. The third kappa shape index (κ3) is 3.63. The van der Waals surface area contributed by atoms with Crippen molar-refractivity contribution >= 4 is 21.4 Å². The molecule has 0 aliphatic heterocycles. The standard InChI is InChI=1S/C14H11F2NO3S/c1-21(19,20)11-6-7-12(16)13(8-11)17-14(18)9-2-4-10(15)5-3-9/h2-8H,1H3,(H,17,18). The van der Waals surface area contributed by atoms with Crippen LogP contribution in [0.15, 0.2) is 47.4 Å². The van der Waals surface area contributed by atoms with Crippen molar-refractivity contribution < 1.29 is 22.0 Å². The molecule has 0 radical (unpaired) electrons. The van der Waals surface area contributed by atoms with Crippen molar-refractivity contribution in [1.29, 1.82) is 0 Å². The largest absolute Gasteiger partial charge is 0.319 e. The van der Waals surface area contributed by atoms with E-state index in [4.69, 9.17) is 0 Å². The average molecular weight is 311 g/mol. The van der Waals surface area contributed by atoms with Gasteiger partial charge in [0, 0.05) is 11.8 Å². The monoisotopic (exact) mass is 311 g/mol. The van der Waals surface area contributed by atoms with Crippen molar-refractivity contribution in [3.8, 4) is 0 Å². The summed E-state index contributed by atoms with van der Waals surface area (Å²) in [6.07, 6.45) is 0.978. The summed E-state index contributed by atoms with van der Waals surface area (Å²) in [5, 5.41) is 2.26. The van der Waals surface area contributed by atoms with Gasteiger partial charge in [-0.05, 0) is 42.5 Å². The number of anilines is 1. The Kier molecular flexibility index (Phi) is 4.04. The van der Waals surface area contributed by atoms with Gasteiger partial charge in [-0.15, -0.1) is 0 Å². The van der Waals surface area contributed by atoms with E-state index in [1.54, 1.807) is 0 Å². The molecular formula is C14H11F2NO3S. The van der Waals surface area contributed by atoms with E-state index in [1.807, 2.05) is 0 Å². The second-order valence-electron chi connectivity index (χ2n) is 4.37. The zero-order valence-corrected chi connectivity index (χ0v) is 11.7. The van der Waals surface area contributed by atoms with E-state index in [0.29, 0.717) is 0 Å². The number of hydrogen-bond donors (Lipinski definition) is 1. The van der Waals surface area contributed by atoms with Crippen molar-refractivity contribution in [2.45, 2.75) is 4.90 Å². The molecule has 0 spiro atoms. The van der Waals surface area contributed by atoms with Crippen molar-refractivity contribution in [3.63, 3.8) is 0 Å². The van der Waals surface area contributed by atoms with Crippen LogP contribution in [-0.4, -0.2) is 20.6 Å². The quantitative estimate of drug-likeness (QED) is 0.886. The molecule has 0 saturated carbocycles. The van der Waals surface area contributed by atoms with Gasteiger partial charge < -0.3 is 5.32 Å². The zero-order valence-electron chi connectivity index (χ0n) is 10.9. The molecule has 0 aromatic heterocycles. The SMILES string of the molecule is CS(=O)(=O)c1ccc(F)c(NC(=O)c2ccc(F)cc2)c1. The van der Waals surface area contributed by atoms with Crippen LogP contribution < -0.4 is 5.32 Å². The van der Waals surface area contributed by atoms with Crippen LogP contribution in [0.25, 0.3) is 0 Å². The molecule has 0 aliphatic rings. The third-order valence-corrected chi connectivity index (χ3v) is 3.83. The molecule has 0 unspecified atom stereocenters. The highest BCUT2D eigenvalue weighted by atomic mass is 32.2. The molecular weight excluding hydrogens is 300 g/mol. The predicted molar refractivity (Wildman–Crippen MR) is 73.9 cm³/mol. The number of amides is 1. The summed E-state index contributed by atoms with van der Waals surface area (Å²) >= 11 is 0. The summed E-state index contributed by atoms with van der Waals surface area (Å²) in [6.45, 7) is 0. The molecule has 2 aromatic carbocycles. The molecule has 0 saturated heterocycles. The Morgan fingerprint density at radius 1 is 1.05 bits per heavy atom. The summed E-state index contributed by atoms with van der Waals surface area (Å²) < 4.78 is 49.2. The van der Waals surface area contributed by atoms with E-state index < -0.39 is 27.4 Å². The van der Waals surface area contributed by atoms with Gasteiger partial charge in [0.1, 0.15) is 11.6 Å². The van der Waals surface area contributed by atoms with Crippen molar-refractivity contribution in [3.05, 3.63) is 59.7 Å². The highest BCUT2D eigenvalue weighted by Gasteiger charge is 2.14. The Bertz CT molecular complexity index is 786. The third-order valence-electron chi connectivity index (χ3n) is 2.72. The van der Waals surface area contributed by atoms with Crippen LogP contribution in [0.3, 0.4) is 0 Å². The first kappa shape index (κ1) is 15.1. The van der Waals surface area contributed by atoms with Gasteiger partial charge in [-0.25, -0.2) is 17.2 Å². The number of carbonyl (C=O) groups excluding carboxylic acids is 1. The molecule has 0 atom stereocenters. The number of sulfone groups is 1. The minimum Gasteiger partial charge on any atom is -0.319 e.